The molecule has 5 nitrogen and oxygen atoms in total. The van der Waals surface area contributed by atoms with Gasteiger partial charge in [0.15, 0.2) is 0 Å². The number of anilines is 1. The number of hydrogen-bond acceptors (Lipinski definition) is 3. The number of hydrogen-bond donors (Lipinski definition) is 1. The summed E-state index contributed by atoms with van der Waals surface area (Å²) in [5.74, 6) is -1.27. The molecule has 156 valence electrons. The minimum Gasteiger partial charge on any atom is -0.496 e. The molecular formula is C20H21F3N2O3S. The summed E-state index contributed by atoms with van der Waals surface area (Å²) in [4.78, 5) is 0. The molecule has 2 aromatic carbocycles. The minimum absolute atomic E-state index is 0.0202. The fourth-order valence-electron chi connectivity index (χ4n) is 3.31. The van der Waals surface area contributed by atoms with Crippen LogP contribution in [0, 0.1) is 5.82 Å². The van der Waals surface area contributed by atoms with Crippen LogP contribution < -0.4 is 9.46 Å². The topological polar surface area (TPSA) is 60.3 Å². The largest absolute Gasteiger partial charge is 0.496 e. The summed E-state index contributed by atoms with van der Waals surface area (Å²) in [7, 11) is -2.23. The molecule has 1 heterocycles. The van der Waals surface area contributed by atoms with E-state index in [4.69, 9.17) is 4.74 Å². The molecule has 0 atom stereocenters. The van der Waals surface area contributed by atoms with E-state index in [-0.39, 0.29) is 11.8 Å². The Morgan fingerprint density at radius 2 is 1.83 bits per heavy atom. The first-order valence-electron chi connectivity index (χ1n) is 8.80. The van der Waals surface area contributed by atoms with Crippen LogP contribution in [0.4, 0.5) is 18.9 Å². The first kappa shape index (κ1) is 21.0. The highest BCUT2D eigenvalue weighted by molar-refractivity contribution is 7.92. The van der Waals surface area contributed by atoms with Crippen molar-refractivity contribution < 1.29 is 26.3 Å². The van der Waals surface area contributed by atoms with Gasteiger partial charge < -0.3 is 9.30 Å². The molecule has 29 heavy (non-hydrogen) atoms. The number of methoxy groups -OCH3 is 1. The second-order valence-corrected chi connectivity index (χ2v) is 8.77. The molecule has 0 amide bonds. The SMILES string of the molecule is COc1cc(-c2cn(C(C)C)c3cc(NS(C)(=O)=O)ccc23)cc(F)c1C(F)F. The van der Waals surface area contributed by atoms with E-state index in [0.29, 0.717) is 16.8 Å². The number of halogens is 3. The van der Waals surface area contributed by atoms with E-state index in [9.17, 15) is 21.6 Å². The van der Waals surface area contributed by atoms with Gasteiger partial charge in [0.05, 0.1) is 30.1 Å². The quantitative estimate of drug-likeness (QED) is 0.578. The second-order valence-electron chi connectivity index (χ2n) is 7.02. The summed E-state index contributed by atoms with van der Waals surface area (Å²) in [5, 5.41) is 0.726. The van der Waals surface area contributed by atoms with Crippen LogP contribution in [0.2, 0.25) is 0 Å². The van der Waals surface area contributed by atoms with Crippen LogP contribution in [0.1, 0.15) is 31.9 Å². The summed E-state index contributed by atoms with van der Waals surface area (Å²) < 4.78 is 73.2. The Hall–Kier alpha value is -2.68. The molecule has 0 aliphatic rings. The van der Waals surface area contributed by atoms with Gasteiger partial charge in [-0.2, -0.15) is 0 Å². The molecule has 3 rings (SSSR count). The lowest BCUT2D eigenvalue weighted by molar-refractivity contribution is 0.142. The zero-order chi connectivity index (χ0) is 21.5. The number of rotatable bonds is 6. The van der Waals surface area contributed by atoms with Crippen molar-refractivity contribution in [3.05, 3.63) is 47.9 Å². The summed E-state index contributed by atoms with van der Waals surface area (Å²) in [5.41, 5.74) is 1.35. The van der Waals surface area contributed by atoms with Gasteiger partial charge in [-0.3, -0.25) is 4.72 Å². The van der Waals surface area contributed by atoms with Gasteiger partial charge in [-0.25, -0.2) is 21.6 Å². The molecule has 0 saturated carbocycles. The highest BCUT2D eigenvalue weighted by Gasteiger charge is 2.22. The van der Waals surface area contributed by atoms with Crippen molar-refractivity contribution >= 4 is 26.6 Å². The van der Waals surface area contributed by atoms with E-state index >= 15 is 0 Å². The lowest BCUT2D eigenvalue weighted by Gasteiger charge is -2.11. The molecule has 0 unspecified atom stereocenters. The predicted molar refractivity (Wildman–Crippen MR) is 108 cm³/mol. The normalized spacial score (nSPS) is 12.2. The lowest BCUT2D eigenvalue weighted by atomic mass is 10.0. The number of benzene rings is 2. The molecule has 9 heteroatoms. The van der Waals surface area contributed by atoms with Crippen LogP contribution in [-0.4, -0.2) is 26.4 Å². The number of nitrogens with one attached hydrogen (secondary N) is 1. The van der Waals surface area contributed by atoms with Crippen LogP contribution in [0.3, 0.4) is 0 Å². The number of sulfonamides is 1. The van der Waals surface area contributed by atoms with Crippen LogP contribution in [0.5, 0.6) is 5.75 Å². The third-order valence-electron chi connectivity index (χ3n) is 4.53. The van der Waals surface area contributed by atoms with Crippen molar-refractivity contribution in [1.29, 1.82) is 0 Å². The van der Waals surface area contributed by atoms with Gasteiger partial charge in [0, 0.05) is 23.2 Å². The Balaban J connectivity index is 2.24. The first-order chi connectivity index (χ1) is 13.5. The van der Waals surface area contributed by atoms with Crippen molar-refractivity contribution in [3.8, 4) is 16.9 Å². The first-order valence-corrected chi connectivity index (χ1v) is 10.7. The van der Waals surface area contributed by atoms with E-state index in [1.165, 1.54) is 13.2 Å². The maximum absolute atomic E-state index is 14.4. The van der Waals surface area contributed by atoms with Crippen molar-refractivity contribution in [2.24, 2.45) is 0 Å². The monoisotopic (exact) mass is 426 g/mol. The number of aromatic nitrogens is 1. The number of ether oxygens (including phenoxy) is 1. The molecule has 0 bridgehead atoms. The van der Waals surface area contributed by atoms with Gasteiger partial charge in [-0.05, 0) is 43.7 Å². The Bertz CT molecular complexity index is 1170. The van der Waals surface area contributed by atoms with Crippen molar-refractivity contribution in [2.75, 3.05) is 18.1 Å². The third-order valence-corrected chi connectivity index (χ3v) is 5.14. The Morgan fingerprint density at radius 1 is 1.14 bits per heavy atom. The number of nitrogens with zero attached hydrogens (tertiary/aromatic N) is 1. The van der Waals surface area contributed by atoms with Gasteiger partial charge in [0.1, 0.15) is 11.6 Å². The van der Waals surface area contributed by atoms with E-state index in [1.54, 1.807) is 24.4 Å². The van der Waals surface area contributed by atoms with Crippen LogP contribution in [0.15, 0.2) is 36.5 Å². The van der Waals surface area contributed by atoms with Gasteiger partial charge >= 0.3 is 0 Å². The highest BCUT2D eigenvalue weighted by atomic mass is 32.2. The molecule has 0 spiro atoms. The molecule has 3 aromatic rings. The fraction of sp³-hybridized carbons (Fsp3) is 0.300. The molecule has 0 saturated heterocycles. The van der Waals surface area contributed by atoms with Crippen molar-refractivity contribution in [1.82, 2.24) is 4.57 Å². The van der Waals surface area contributed by atoms with Crippen LogP contribution >= 0.6 is 0 Å². The zero-order valence-electron chi connectivity index (χ0n) is 16.3. The molecule has 1 N–H and O–H groups in total. The smallest absolute Gasteiger partial charge is 0.270 e. The van der Waals surface area contributed by atoms with Gasteiger partial charge in [-0.1, -0.05) is 6.07 Å². The molecule has 0 aliphatic heterocycles. The predicted octanol–water partition coefficient (Wildman–Crippen LogP) is 5.35. The van der Waals surface area contributed by atoms with Crippen LogP contribution in [-0.2, 0) is 10.0 Å². The van der Waals surface area contributed by atoms with E-state index in [1.807, 2.05) is 18.4 Å². The Morgan fingerprint density at radius 3 is 2.38 bits per heavy atom. The summed E-state index contributed by atoms with van der Waals surface area (Å²) in [6.45, 7) is 3.89. The van der Waals surface area contributed by atoms with Crippen molar-refractivity contribution in [2.45, 2.75) is 26.3 Å². The minimum atomic E-state index is -3.45. The van der Waals surface area contributed by atoms with E-state index in [0.717, 1.165) is 23.2 Å². The molecule has 0 radical (unpaired) electrons. The number of alkyl halides is 2. The van der Waals surface area contributed by atoms with E-state index < -0.39 is 27.8 Å². The number of fused-ring (bicyclic) bond motifs is 1. The maximum Gasteiger partial charge on any atom is 0.270 e. The zero-order valence-corrected chi connectivity index (χ0v) is 17.1. The summed E-state index contributed by atoms with van der Waals surface area (Å²) >= 11 is 0. The second kappa shape index (κ2) is 7.62. The molecule has 0 aliphatic carbocycles. The maximum atomic E-state index is 14.4. The summed E-state index contributed by atoms with van der Waals surface area (Å²) in [6.07, 6.45) is -0.153. The Kier molecular flexibility index (Phi) is 5.53. The summed E-state index contributed by atoms with van der Waals surface area (Å²) in [6, 6.07) is 7.45. The average Bonchev–Trinajstić information content (AvgIpc) is 2.98. The van der Waals surface area contributed by atoms with Crippen LogP contribution in [0.25, 0.3) is 22.0 Å². The lowest BCUT2D eigenvalue weighted by Crippen LogP contribution is -2.09. The fourth-order valence-corrected chi connectivity index (χ4v) is 3.87. The average molecular weight is 426 g/mol. The van der Waals surface area contributed by atoms with Gasteiger partial charge in [0.25, 0.3) is 6.43 Å². The standard InChI is InChI=1S/C20H21F3N2O3S/c1-11(2)25-10-15(12-7-16(21)19(20(22)23)18(8-12)28-3)14-6-5-13(9-17(14)25)24-29(4,26)27/h5-11,20,24H,1-4H3. The van der Waals surface area contributed by atoms with E-state index in [2.05, 4.69) is 4.72 Å². The van der Waals surface area contributed by atoms with Gasteiger partial charge in [-0.15, -0.1) is 0 Å². The molecular weight excluding hydrogens is 405 g/mol. The molecule has 0 fully saturated rings. The highest BCUT2D eigenvalue weighted by Crippen LogP contribution is 2.39. The third kappa shape index (κ3) is 4.19. The Labute approximate surface area is 167 Å². The molecule has 1 aromatic heterocycles. The van der Waals surface area contributed by atoms with Crippen molar-refractivity contribution in [3.63, 3.8) is 0 Å². The van der Waals surface area contributed by atoms with Gasteiger partial charge in [0.2, 0.25) is 10.0 Å².